The first-order valence-electron chi connectivity index (χ1n) is 14.4. The number of hydrogen-bond donors (Lipinski definition) is 2. The molecule has 1 amide bonds. The van der Waals surface area contributed by atoms with Crippen LogP contribution in [-0.2, 0) is 44.2 Å². The third kappa shape index (κ3) is 7.76. The summed E-state index contributed by atoms with van der Waals surface area (Å²) in [6.07, 6.45) is 3.01. The Kier molecular flexibility index (Phi) is 9.59. The maximum Gasteiger partial charge on any atom is 0.459 e. The number of ether oxygens (including phenoxy) is 4. The van der Waals surface area contributed by atoms with Crippen molar-refractivity contribution < 1.29 is 42.1 Å². The number of benzene rings is 2. The van der Waals surface area contributed by atoms with Gasteiger partial charge < -0.3 is 34.1 Å². The number of rotatable bonds is 12. The van der Waals surface area contributed by atoms with Crippen LogP contribution in [0.25, 0.3) is 0 Å². The molecule has 2 aromatic rings. The van der Waals surface area contributed by atoms with Crippen molar-refractivity contribution in [3.63, 3.8) is 0 Å². The van der Waals surface area contributed by atoms with Gasteiger partial charge in [-0.25, -0.2) is 4.57 Å². The SMILES string of the molecule is Cc1ccc(OP(=O)(NC(C)C(=O)OCc2ccccc2)OCC2O[C@@H](N3C=CCC(C(N)=O)=C3)[C@@H]3OC(C)(C)O[C@H]23)cc1. The van der Waals surface area contributed by atoms with Crippen molar-refractivity contribution >= 4 is 19.6 Å². The molecule has 0 bridgehead atoms. The Morgan fingerprint density at radius 3 is 2.52 bits per heavy atom. The van der Waals surface area contributed by atoms with E-state index < -0.39 is 56.0 Å². The molecule has 0 saturated carbocycles. The van der Waals surface area contributed by atoms with Crippen molar-refractivity contribution in [1.29, 1.82) is 0 Å². The molecule has 13 heteroatoms. The van der Waals surface area contributed by atoms with Gasteiger partial charge in [-0.2, -0.15) is 5.09 Å². The lowest BCUT2D eigenvalue weighted by molar-refractivity contribution is -0.201. The minimum atomic E-state index is -4.19. The van der Waals surface area contributed by atoms with Crippen molar-refractivity contribution in [2.24, 2.45) is 5.73 Å². The van der Waals surface area contributed by atoms with E-state index >= 15 is 0 Å². The van der Waals surface area contributed by atoms with Crippen molar-refractivity contribution in [2.45, 2.75) is 77.1 Å². The number of nitrogens with one attached hydrogen (secondary N) is 1. The second-order valence-electron chi connectivity index (χ2n) is 11.3. The summed E-state index contributed by atoms with van der Waals surface area (Å²) >= 11 is 0. The second-order valence-corrected chi connectivity index (χ2v) is 13.0. The number of primary amides is 1. The molecule has 6 atom stereocenters. The summed E-state index contributed by atoms with van der Waals surface area (Å²) in [4.78, 5) is 26.4. The highest BCUT2D eigenvalue weighted by molar-refractivity contribution is 7.52. The summed E-state index contributed by atoms with van der Waals surface area (Å²) in [5, 5.41) is 2.71. The average Bonchev–Trinajstić information content (AvgIpc) is 3.49. The molecule has 5 rings (SSSR count). The zero-order valence-electron chi connectivity index (χ0n) is 25.1. The largest absolute Gasteiger partial charge is 0.460 e. The van der Waals surface area contributed by atoms with E-state index in [4.69, 9.17) is 33.7 Å². The minimum absolute atomic E-state index is 0.0556. The van der Waals surface area contributed by atoms with Gasteiger partial charge in [-0.05, 0) is 51.8 Å². The summed E-state index contributed by atoms with van der Waals surface area (Å²) < 4.78 is 50.0. The van der Waals surface area contributed by atoms with Crippen LogP contribution in [0.2, 0.25) is 0 Å². The van der Waals surface area contributed by atoms with Gasteiger partial charge in [-0.3, -0.25) is 14.1 Å². The number of fused-ring (bicyclic) bond motifs is 1. The molecule has 236 valence electrons. The third-order valence-electron chi connectivity index (χ3n) is 7.24. The number of nitrogens with two attached hydrogens (primary N) is 1. The Morgan fingerprint density at radius 1 is 1.11 bits per heavy atom. The highest BCUT2D eigenvalue weighted by atomic mass is 31.2. The number of carbonyl (C=O) groups excluding carboxylic acids is 2. The number of allylic oxidation sites excluding steroid dienone is 1. The van der Waals surface area contributed by atoms with Crippen LogP contribution in [0.15, 0.2) is 78.6 Å². The lowest BCUT2D eigenvalue weighted by Gasteiger charge is -2.31. The van der Waals surface area contributed by atoms with E-state index in [1.165, 1.54) is 6.92 Å². The lowest BCUT2D eigenvalue weighted by Crippen LogP contribution is -2.40. The molecule has 12 nitrogen and oxygen atoms in total. The fourth-order valence-electron chi connectivity index (χ4n) is 5.08. The normalized spacial score (nSPS) is 25.9. The van der Waals surface area contributed by atoms with E-state index in [9.17, 15) is 14.2 Å². The molecular weight excluding hydrogens is 589 g/mol. The van der Waals surface area contributed by atoms with E-state index in [-0.39, 0.29) is 19.0 Å². The second kappa shape index (κ2) is 13.2. The molecule has 44 heavy (non-hydrogen) atoms. The van der Waals surface area contributed by atoms with Crippen LogP contribution in [0, 0.1) is 6.92 Å². The molecule has 3 heterocycles. The number of carbonyl (C=O) groups is 2. The van der Waals surface area contributed by atoms with Gasteiger partial charge in [0.15, 0.2) is 12.0 Å². The standard InChI is InChI=1S/C31H38N3O9P/c1-20-12-14-24(15-13-20)43-44(37,33-21(2)30(36)38-18-22-9-6-5-7-10-22)39-19-25-26-27(42-31(3,4)41-26)29(40-25)34-16-8-11-23(17-34)28(32)35/h5-10,12-17,21,25-27,29H,11,18-19H2,1-4H3,(H2,32,35)(H,33,37)/t21?,25?,26-,27-,29-,44?/m1/s1. The van der Waals surface area contributed by atoms with Crippen LogP contribution in [0.3, 0.4) is 0 Å². The van der Waals surface area contributed by atoms with Crippen molar-refractivity contribution in [1.82, 2.24) is 9.99 Å². The molecule has 3 N–H and O–H groups in total. The smallest absolute Gasteiger partial charge is 0.459 e. The van der Waals surface area contributed by atoms with Gasteiger partial charge in [-0.15, -0.1) is 0 Å². The zero-order valence-corrected chi connectivity index (χ0v) is 26.0. The van der Waals surface area contributed by atoms with Crippen molar-refractivity contribution in [3.8, 4) is 5.75 Å². The first-order valence-corrected chi connectivity index (χ1v) is 15.9. The lowest BCUT2D eigenvalue weighted by atomic mass is 10.1. The summed E-state index contributed by atoms with van der Waals surface area (Å²) in [7, 11) is -4.19. The maximum absolute atomic E-state index is 14.2. The topological polar surface area (TPSA) is 148 Å². The molecule has 3 aliphatic heterocycles. The van der Waals surface area contributed by atoms with Gasteiger partial charge in [0.25, 0.3) is 0 Å². The summed E-state index contributed by atoms with van der Waals surface area (Å²) in [5.41, 5.74) is 7.72. The fourth-order valence-corrected chi connectivity index (χ4v) is 6.58. The molecule has 3 unspecified atom stereocenters. The zero-order chi connectivity index (χ0) is 31.5. The summed E-state index contributed by atoms with van der Waals surface area (Å²) in [5.74, 6) is -1.81. The molecule has 2 aromatic carbocycles. The predicted molar refractivity (Wildman–Crippen MR) is 160 cm³/mol. The first kappa shape index (κ1) is 31.9. The summed E-state index contributed by atoms with van der Waals surface area (Å²) in [6, 6.07) is 15.1. The quantitative estimate of drug-likeness (QED) is 0.259. The molecule has 0 aliphatic carbocycles. The van der Waals surface area contributed by atoms with Gasteiger partial charge >= 0.3 is 13.7 Å². The first-order chi connectivity index (χ1) is 20.9. The molecule has 0 aromatic heterocycles. The average molecular weight is 628 g/mol. The Labute approximate surface area is 256 Å². The number of esters is 1. The van der Waals surface area contributed by atoms with Gasteiger partial charge in [0.2, 0.25) is 5.91 Å². The number of nitrogens with zero attached hydrogens (tertiary/aromatic N) is 1. The highest BCUT2D eigenvalue weighted by Gasteiger charge is 2.57. The summed E-state index contributed by atoms with van der Waals surface area (Å²) in [6.45, 7) is 6.82. The van der Waals surface area contributed by atoms with Gasteiger partial charge in [0, 0.05) is 18.0 Å². The third-order valence-corrected chi connectivity index (χ3v) is 8.88. The molecule has 3 aliphatic rings. The van der Waals surface area contributed by atoms with Crippen molar-refractivity contribution in [3.05, 3.63) is 89.8 Å². The monoisotopic (exact) mass is 627 g/mol. The Hall–Kier alpha value is -3.51. The molecule has 0 spiro atoms. The Balaban J connectivity index is 1.31. The number of hydrogen-bond acceptors (Lipinski definition) is 10. The van der Waals surface area contributed by atoms with Gasteiger partial charge in [-0.1, -0.05) is 54.1 Å². The van der Waals surface area contributed by atoms with E-state index in [1.54, 1.807) is 61.5 Å². The minimum Gasteiger partial charge on any atom is -0.460 e. The van der Waals surface area contributed by atoms with Crippen LogP contribution < -0.4 is 15.3 Å². The Bertz CT molecular complexity index is 1450. The Morgan fingerprint density at radius 2 is 1.82 bits per heavy atom. The van der Waals surface area contributed by atoms with Crippen LogP contribution in [-0.4, -0.2) is 59.8 Å². The van der Waals surface area contributed by atoms with Crippen LogP contribution in [0.5, 0.6) is 5.75 Å². The van der Waals surface area contributed by atoms with Crippen LogP contribution in [0.1, 0.15) is 38.3 Å². The molecule has 2 saturated heterocycles. The van der Waals surface area contributed by atoms with Crippen molar-refractivity contribution in [2.75, 3.05) is 6.61 Å². The van der Waals surface area contributed by atoms with Gasteiger partial charge in [0.1, 0.15) is 36.7 Å². The number of aryl methyl sites for hydroxylation is 1. The predicted octanol–water partition coefficient (Wildman–Crippen LogP) is 4.05. The highest BCUT2D eigenvalue weighted by Crippen LogP contribution is 2.47. The molecular formula is C31H38N3O9P. The fraction of sp³-hybridized carbons (Fsp3) is 0.419. The van der Waals surface area contributed by atoms with E-state index in [2.05, 4.69) is 5.09 Å². The number of amides is 1. The molecule has 0 radical (unpaired) electrons. The van der Waals surface area contributed by atoms with E-state index in [1.807, 2.05) is 37.3 Å². The maximum atomic E-state index is 14.2. The van der Waals surface area contributed by atoms with Crippen LogP contribution in [0.4, 0.5) is 0 Å². The van der Waals surface area contributed by atoms with Gasteiger partial charge in [0.05, 0.1) is 6.61 Å². The van der Waals surface area contributed by atoms with E-state index in [0.717, 1.165) is 11.1 Å². The molecule has 2 fully saturated rings. The van der Waals surface area contributed by atoms with E-state index in [0.29, 0.717) is 12.0 Å². The van der Waals surface area contributed by atoms with Crippen LogP contribution >= 0.6 is 7.75 Å².